The van der Waals surface area contributed by atoms with Crippen LogP contribution < -0.4 is 11.1 Å². The van der Waals surface area contributed by atoms with E-state index in [1.807, 2.05) is 7.05 Å². The lowest BCUT2D eigenvalue weighted by Crippen LogP contribution is -2.15. The van der Waals surface area contributed by atoms with Crippen molar-refractivity contribution in [1.29, 1.82) is 0 Å². The summed E-state index contributed by atoms with van der Waals surface area (Å²) < 4.78 is 0. The predicted octanol–water partition coefficient (Wildman–Crippen LogP) is 2.14. The van der Waals surface area contributed by atoms with Crippen LogP contribution in [0.2, 0.25) is 0 Å². The smallest absolute Gasteiger partial charge is 0.0264 e. The van der Waals surface area contributed by atoms with Crippen LogP contribution in [0.1, 0.15) is 32.1 Å². The summed E-state index contributed by atoms with van der Waals surface area (Å²) in [6.45, 7) is 4.01. The molecule has 0 amide bonds. The lowest BCUT2D eigenvalue weighted by atomic mass is 9.84. The molecule has 0 heterocycles. The van der Waals surface area contributed by atoms with Crippen LogP contribution in [-0.2, 0) is 0 Å². The molecule has 0 aliphatic heterocycles. The number of allylic oxidation sites excluding steroid dienone is 2. The van der Waals surface area contributed by atoms with E-state index in [0.717, 1.165) is 18.0 Å². The Morgan fingerprint density at radius 1 is 1.62 bits per heavy atom. The minimum atomic E-state index is 0.799. The van der Waals surface area contributed by atoms with Crippen molar-refractivity contribution in [1.82, 2.24) is 5.32 Å². The van der Waals surface area contributed by atoms with E-state index in [1.54, 1.807) is 6.20 Å². The van der Waals surface area contributed by atoms with Crippen LogP contribution in [0.5, 0.6) is 0 Å². The van der Waals surface area contributed by atoms with Gasteiger partial charge in [0.25, 0.3) is 0 Å². The van der Waals surface area contributed by atoms with Gasteiger partial charge in [0.1, 0.15) is 0 Å². The average Bonchev–Trinajstić information content (AvgIpc) is 2.17. The van der Waals surface area contributed by atoms with E-state index < -0.39 is 0 Å². The number of hydrogen-bond donors (Lipinski definition) is 2. The van der Waals surface area contributed by atoms with Crippen LogP contribution in [-0.4, -0.2) is 7.05 Å². The van der Waals surface area contributed by atoms with Gasteiger partial charge in [0.2, 0.25) is 0 Å². The molecule has 3 N–H and O–H groups in total. The zero-order chi connectivity index (χ0) is 9.68. The van der Waals surface area contributed by atoms with Crippen molar-refractivity contribution in [3.05, 3.63) is 24.0 Å². The maximum Gasteiger partial charge on any atom is 0.0264 e. The second kappa shape index (κ2) is 4.95. The molecule has 1 aliphatic carbocycles. The molecule has 13 heavy (non-hydrogen) atoms. The van der Waals surface area contributed by atoms with Crippen molar-refractivity contribution in [2.75, 3.05) is 7.05 Å². The number of rotatable bonds is 3. The summed E-state index contributed by atoms with van der Waals surface area (Å²) in [5.74, 6) is 0.799. The summed E-state index contributed by atoms with van der Waals surface area (Å²) in [6, 6.07) is 0. The highest BCUT2D eigenvalue weighted by atomic mass is 14.8. The Balaban J connectivity index is 2.33. The van der Waals surface area contributed by atoms with Gasteiger partial charge in [0.05, 0.1) is 0 Å². The van der Waals surface area contributed by atoms with Crippen LogP contribution in [0.4, 0.5) is 0 Å². The van der Waals surface area contributed by atoms with Crippen LogP contribution in [0.15, 0.2) is 24.0 Å². The molecule has 1 rings (SSSR count). The van der Waals surface area contributed by atoms with E-state index in [4.69, 9.17) is 5.73 Å². The fraction of sp³-hybridized carbons (Fsp3) is 0.636. The first-order chi connectivity index (χ1) is 6.26. The molecule has 74 valence electrons. The molecular weight excluding hydrogens is 160 g/mol. The second-order valence-corrected chi connectivity index (χ2v) is 3.84. The summed E-state index contributed by atoms with van der Waals surface area (Å²) in [5.41, 5.74) is 8.07. The summed E-state index contributed by atoms with van der Waals surface area (Å²) in [7, 11) is 1.93. The Morgan fingerprint density at radius 3 is 2.69 bits per heavy atom. The Labute approximate surface area is 80.9 Å². The van der Waals surface area contributed by atoms with Crippen LogP contribution in [0.3, 0.4) is 0 Å². The molecule has 2 nitrogen and oxygen atoms in total. The summed E-state index contributed by atoms with van der Waals surface area (Å²) in [6.07, 6.45) is 7.73. The molecular formula is C11H20N2. The van der Waals surface area contributed by atoms with E-state index in [-0.39, 0.29) is 0 Å². The minimum Gasteiger partial charge on any atom is -0.403 e. The molecule has 1 aliphatic rings. The fourth-order valence-corrected chi connectivity index (χ4v) is 1.85. The number of hydrogen-bond acceptors (Lipinski definition) is 2. The topological polar surface area (TPSA) is 38.0 Å². The molecule has 2 heteroatoms. The molecule has 1 saturated carbocycles. The van der Waals surface area contributed by atoms with Crippen molar-refractivity contribution < 1.29 is 0 Å². The first-order valence-electron chi connectivity index (χ1n) is 5.01. The Hall–Kier alpha value is -0.920. The van der Waals surface area contributed by atoms with Crippen LogP contribution in [0.25, 0.3) is 0 Å². The highest BCUT2D eigenvalue weighted by molar-refractivity contribution is 5.03. The zero-order valence-electron chi connectivity index (χ0n) is 8.47. The highest BCUT2D eigenvalue weighted by Gasteiger charge is 2.16. The van der Waals surface area contributed by atoms with Crippen LogP contribution >= 0.6 is 0 Å². The van der Waals surface area contributed by atoms with Gasteiger partial charge in [-0.15, -0.1) is 0 Å². The Morgan fingerprint density at radius 2 is 2.23 bits per heavy atom. The normalized spacial score (nSPS) is 20.4. The monoisotopic (exact) mass is 180 g/mol. The molecule has 0 atom stereocenters. The van der Waals surface area contributed by atoms with Crippen molar-refractivity contribution in [3.63, 3.8) is 0 Å². The summed E-state index contributed by atoms with van der Waals surface area (Å²) in [5, 5.41) is 3.12. The summed E-state index contributed by atoms with van der Waals surface area (Å²) >= 11 is 0. The van der Waals surface area contributed by atoms with Gasteiger partial charge < -0.3 is 11.1 Å². The third-order valence-corrected chi connectivity index (χ3v) is 2.84. The standard InChI is InChI=1S/C11H20N2/c1-9-3-5-10(6-4-9)7-11(8-12)13-2/h8,10,13H,1,3-7,12H2,2H3/b11-8-. The largest absolute Gasteiger partial charge is 0.403 e. The first kappa shape index (κ1) is 10.2. The third-order valence-electron chi connectivity index (χ3n) is 2.84. The molecule has 0 aromatic rings. The molecule has 1 fully saturated rings. The number of nitrogens with one attached hydrogen (secondary N) is 1. The maximum atomic E-state index is 5.49. The molecule has 0 aromatic heterocycles. The third kappa shape index (κ3) is 3.13. The van der Waals surface area contributed by atoms with E-state index in [1.165, 1.54) is 31.3 Å². The lowest BCUT2D eigenvalue weighted by Gasteiger charge is -2.24. The van der Waals surface area contributed by atoms with Crippen molar-refractivity contribution in [3.8, 4) is 0 Å². The average molecular weight is 180 g/mol. The zero-order valence-corrected chi connectivity index (χ0v) is 8.47. The van der Waals surface area contributed by atoms with Gasteiger partial charge in [-0.2, -0.15) is 0 Å². The van der Waals surface area contributed by atoms with Gasteiger partial charge >= 0.3 is 0 Å². The van der Waals surface area contributed by atoms with Gasteiger partial charge in [0, 0.05) is 18.9 Å². The van der Waals surface area contributed by atoms with Crippen LogP contribution in [0, 0.1) is 5.92 Å². The molecule has 0 unspecified atom stereocenters. The van der Waals surface area contributed by atoms with E-state index in [0.29, 0.717) is 0 Å². The van der Waals surface area contributed by atoms with Crippen molar-refractivity contribution in [2.45, 2.75) is 32.1 Å². The predicted molar refractivity (Wildman–Crippen MR) is 57.0 cm³/mol. The SMILES string of the molecule is C=C1CCC(C/C(=C/N)NC)CC1. The van der Waals surface area contributed by atoms with E-state index in [9.17, 15) is 0 Å². The number of nitrogens with two attached hydrogens (primary N) is 1. The molecule has 0 spiro atoms. The second-order valence-electron chi connectivity index (χ2n) is 3.84. The first-order valence-corrected chi connectivity index (χ1v) is 5.01. The summed E-state index contributed by atoms with van der Waals surface area (Å²) in [4.78, 5) is 0. The van der Waals surface area contributed by atoms with E-state index >= 15 is 0 Å². The maximum absolute atomic E-state index is 5.49. The fourth-order valence-electron chi connectivity index (χ4n) is 1.85. The van der Waals surface area contributed by atoms with E-state index in [2.05, 4.69) is 11.9 Å². The van der Waals surface area contributed by atoms with Crippen molar-refractivity contribution in [2.24, 2.45) is 11.7 Å². The van der Waals surface area contributed by atoms with Gasteiger partial charge in [-0.1, -0.05) is 12.2 Å². The molecule has 0 radical (unpaired) electrons. The quantitative estimate of drug-likeness (QED) is 0.653. The van der Waals surface area contributed by atoms with Gasteiger partial charge in [-0.3, -0.25) is 0 Å². The lowest BCUT2D eigenvalue weighted by molar-refractivity contribution is 0.400. The Kier molecular flexibility index (Phi) is 3.87. The molecule has 0 bridgehead atoms. The Bertz CT molecular complexity index is 196. The van der Waals surface area contributed by atoms with Gasteiger partial charge in [-0.05, 0) is 38.0 Å². The molecule has 0 aromatic carbocycles. The van der Waals surface area contributed by atoms with Gasteiger partial charge in [0.15, 0.2) is 0 Å². The highest BCUT2D eigenvalue weighted by Crippen LogP contribution is 2.30. The van der Waals surface area contributed by atoms with Gasteiger partial charge in [-0.25, -0.2) is 0 Å². The minimum absolute atomic E-state index is 0.799. The molecule has 0 saturated heterocycles. The van der Waals surface area contributed by atoms with Crippen molar-refractivity contribution >= 4 is 0 Å².